The Morgan fingerprint density at radius 1 is 1.11 bits per heavy atom. The lowest BCUT2D eigenvalue weighted by Crippen LogP contribution is -2.21. The number of rotatable bonds is 4. The number of nitrogens with two attached hydrogens (primary N) is 1. The fourth-order valence-electron chi connectivity index (χ4n) is 1.71. The molecular formula is C12H18BrNO3S. The zero-order valence-corrected chi connectivity index (χ0v) is 13.3. The first-order chi connectivity index (χ1) is 8.11. The van der Waals surface area contributed by atoms with E-state index in [9.17, 15) is 8.42 Å². The van der Waals surface area contributed by atoms with Gasteiger partial charge in [-0.25, -0.2) is 0 Å². The predicted octanol–water partition coefficient (Wildman–Crippen LogP) is 3.28. The first-order valence-electron chi connectivity index (χ1n) is 5.67. The van der Waals surface area contributed by atoms with E-state index in [1.165, 1.54) is 0 Å². The van der Waals surface area contributed by atoms with Crippen LogP contribution in [0.25, 0.3) is 0 Å². The Morgan fingerprint density at radius 2 is 1.50 bits per heavy atom. The summed E-state index contributed by atoms with van der Waals surface area (Å²) >= 11 is 3.43. The van der Waals surface area contributed by atoms with Gasteiger partial charge in [-0.2, -0.15) is 13.6 Å². The summed E-state index contributed by atoms with van der Waals surface area (Å²) in [6, 6.07) is 3.72. The van der Waals surface area contributed by atoms with Crippen molar-refractivity contribution in [3.8, 4) is 5.75 Å². The van der Waals surface area contributed by atoms with Crippen LogP contribution in [-0.4, -0.2) is 8.42 Å². The van der Waals surface area contributed by atoms with Crippen LogP contribution in [0, 0.1) is 0 Å². The predicted molar refractivity (Wildman–Crippen MR) is 76.1 cm³/mol. The molecule has 4 nitrogen and oxygen atoms in total. The zero-order chi connectivity index (χ0) is 14.1. The topological polar surface area (TPSA) is 69.4 Å². The fourth-order valence-corrected chi connectivity index (χ4v) is 2.62. The lowest BCUT2D eigenvalue weighted by atomic mass is 9.94. The first kappa shape index (κ1) is 15.5. The highest BCUT2D eigenvalue weighted by molar-refractivity contribution is 9.10. The summed E-state index contributed by atoms with van der Waals surface area (Å²) in [5.74, 6) is 0.624. The van der Waals surface area contributed by atoms with Crippen LogP contribution in [0.5, 0.6) is 5.75 Å². The van der Waals surface area contributed by atoms with E-state index in [1.807, 2.05) is 39.8 Å². The maximum Gasteiger partial charge on any atom is 0.380 e. The first-order valence-corrected chi connectivity index (χ1v) is 7.93. The van der Waals surface area contributed by atoms with Crippen LogP contribution in [0.4, 0.5) is 0 Å². The Hall–Kier alpha value is -0.590. The van der Waals surface area contributed by atoms with Crippen molar-refractivity contribution in [1.29, 1.82) is 0 Å². The van der Waals surface area contributed by atoms with Crippen molar-refractivity contribution in [2.45, 2.75) is 39.5 Å². The van der Waals surface area contributed by atoms with Gasteiger partial charge >= 0.3 is 10.3 Å². The number of benzene rings is 1. The molecule has 0 saturated heterocycles. The van der Waals surface area contributed by atoms with E-state index in [1.54, 1.807) is 0 Å². The second-order valence-corrected chi connectivity index (χ2v) is 6.87. The molecule has 102 valence electrons. The second kappa shape index (κ2) is 5.59. The molecule has 0 aromatic heterocycles. The van der Waals surface area contributed by atoms with Gasteiger partial charge in [0.15, 0.2) is 5.75 Å². The van der Waals surface area contributed by atoms with Gasteiger partial charge in [0.25, 0.3) is 0 Å². The summed E-state index contributed by atoms with van der Waals surface area (Å²) < 4.78 is 28.2. The monoisotopic (exact) mass is 335 g/mol. The molecule has 1 aromatic rings. The smallest absolute Gasteiger partial charge is 0.370 e. The summed E-state index contributed by atoms with van der Waals surface area (Å²) in [6.07, 6.45) is 0. The molecule has 0 aliphatic carbocycles. The van der Waals surface area contributed by atoms with Crippen LogP contribution in [-0.2, 0) is 10.3 Å². The molecule has 2 N–H and O–H groups in total. The van der Waals surface area contributed by atoms with Gasteiger partial charge in [-0.1, -0.05) is 43.6 Å². The van der Waals surface area contributed by atoms with Crippen molar-refractivity contribution in [2.24, 2.45) is 5.14 Å². The van der Waals surface area contributed by atoms with Gasteiger partial charge in [-0.05, 0) is 35.1 Å². The molecule has 0 saturated carbocycles. The molecule has 0 spiro atoms. The third kappa shape index (κ3) is 3.96. The van der Waals surface area contributed by atoms with E-state index < -0.39 is 10.3 Å². The molecule has 1 aromatic carbocycles. The van der Waals surface area contributed by atoms with Gasteiger partial charge in [-0.3, -0.25) is 0 Å². The maximum atomic E-state index is 11.2. The SMILES string of the molecule is CC(C)c1cc(Br)cc(C(C)C)c1OS(N)(=O)=O. The lowest BCUT2D eigenvalue weighted by Gasteiger charge is -2.19. The molecule has 0 radical (unpaired) electrons. The Bertz CT molecular complexity index is 509. The largest absolute Gasteiger partial charge is 0.380 e. The summed E-state index contributed by atoms with van der Waals surface area (Å²) in [5.41, 5.74) is 1.64. The highest BCUT2D eigenvalue weighted by atomic mass is 79.9. The van der Waals surface area contributed by atoms with Gasteiger partial charge in [-0.15, -0.1) is 0 Å². The van der Waals surface area contributed by atoms with Gasteiger partial charge in [0.05, 0.1) is 0 Å². The van der Waals surface area contributed by atoms with Crippen molar-refractivity contribution in [1.82, 2.24) is 0 Å². The van der Waals surface area contributed by atoms with Gasteiger partial charge in [0.2, 0.25) is 0 Å². The molecule has 0 aliphatic heterocycles. The van der Waals surface area contributed by atoms with E-state index in [0.29, 0.717) is 5.75 Å². The van der Waals surface area contributed by atoms with Crippen LogP contribution in [0.15, 0.2) is 16.6 Å². The minimum absolute atomic E-state index is 0.136. The molecule has 0 atom stereocenters. The molecular weight excluding hydrogens is 318 g/mol. The Labute approximate surface area is 117 Å². The van der Waals surface area contributed by atoms with Crippen molar-refractivity contribution in [3.63, 3.8) is 0 Å². The van der Waals surface area contributed by atoms with Crippen LogP contribution in [0.3, 0.4) is 0 Å². The summed E-state index contributed by atoms with van der Waals surface area (Å²) in [4.78, 5) is 0. The Kier molecular flexibility index (Phi) is 4.80. The number of halogens is 1. The van der Waals surface area contributed by atoms with E-state index in [4.69, 9.17) is 9.32 Å². The van der Waals surface area contributed by atoms with Crippen molar-refractivity contribution < 1.29 is 12.6 Å². The second-order valence-electron chi connectivity index (χ2n) is 4.80. The number of hydrogen-bond acceptors (Lipinski definition) is 3. The third-order valence-electron chi connectivity index (χ3n) is 2.55. The van der Waals surface area contributed by atoms with E-state index in [2.05, 4.69) is 15.9 Å². The van der Waals surface area contributed by atoms with Gasteiger partial charge in [0.1, 0.15) is 0 Å². The molecule has 0 fully saturated rings. The maximum absolute atomic E-state index is 11.2. The summed E-state index contributed by atoms with van der Waals surface area (Å²) in [5, 5.41) is 4.98. The molecule has 6 heteroatoms. The van der Waals surface area contributed by atoms with Crippen molar-refractivity contribution in [3.05, 3.63) is 27.7 Å². The Balaban J connectivity index is 3.51. The fraction of sp³-hybridized carbons (Fsp3) is 0.500. The summed E-state index contributed by atoms with van der Waals surface area (Å²) in [7, 11) is -4.02. The van der Waals surface area contributed by atoms with Crippen LogP contribution >= 0.6 is 15.9 Å². The van der Waals surface area contributed by atoms with Gasteiger partial charge in [0, 0.05) is 4.47 Å². The standard InChI is InChI=1S/C12H18BrNO3S/c1-7(2)10-5-9(13)6-11(8(3)4)12(10)17-18(14,15)16/h5-8H,1-4H3,(H2,14,15,16). The van der Waals surface area contributed by atoms with Crippen molar-refractivity contribution in [2.75, 3.05) is 0 Å². The van der Waals surface area contributed by atoms with Crippen molar-refractivity contribution >= 4 is 26.2 Å². The zero-order valence-electron chi connectivity index (χ0n) is 10.9. The average Bonchev–Trinajstić information content (AvgIpc) is 2.17. The average molecular weight is 336 g/mol. The van der Waals surface area contributed by atoms with E-state index >= 15 is 0 Å². The lowest BCUT2D eigenvalue weighted by molar-refractivity contribution is 0.477. The summed E-state index contributed by atoms with van der Waals surface area (Å²) in [6.45, 7) is 7.90. The highest BCUT2D eigenvalue weighted by Gasteiger charge is 2.20. The molecule has 1 rings (SSSR count). The Morgan fingerprint density at radius 3 is 1.78 bits per heavy atom. The molecule has 0 unspecified atom stereocenters. The number of hydrogen-bond donors (Lipinski definition) is 1. The molecule has 0 bridgehead atoms. The quantitative estimate of drug-likeness (QED) is 0.917. The van der Waals surface area contributed by atoms with Crippen LogP contribution in [0.1, 0.15) is 50.7 Å². The van der Waals surface area contributed by atoms with Gasteiger partial charge < -0.3 is 4.18 Å². The van der Waals surface area contributed by atoms with Crippen LogP contribution in [0.2, 0.25) is 0 Å². The minimum atomic E-state index is -4.02. The highest BCUT2D eigenvalue weighted by Crippen LogP contribution is 2.37. The normalized spacial score (nSPS) is 12.2. The third-order valence-corrected chi connectivity index (χ3v) is 3.41. The molecule has 0 aliphatic rings. The van der Waals surface area contributed by atoms with E-state index in [-0.39, 0.29) is 11.8 Å². The molecule has 0 heterocycles. The molecule has 0 amide bonds. The minimum Gasteiger partial charge on any atom is -0.370 e. The molecule has 18 heavy (non-hydrogen) atoms. The van der Waals surface area contributed by atoms with Crippen LogP contribution < -0.4 is 9.32 Å². The van der Waals surface area contributed by atoms with E-state index in [0.717, 1.165) is 15.6 Å².